The second-order valence-corrected chi connectivity index (χ2v) is 6.98. The summed E-state index contributed by atoms with van der Waals surface area (Å²) >= 11 is 0. The molecule has 0 fully saturated rings. The Hall–Kier alpha value is -4.73. The Balaban J connectivity index is 1.56. The van der Waals surface area contributed by atoms with Crippen molar-refractivity contribution in [2.45, 2.75) is 13.0 Å². The predicted molar refractivity (Wildman–Crippen MR) is 126 cm³/mol. The number of nitro benzene ring substituents is 1. The molecule has 10 nitrogen and oxygen atoms in total. The molecule has 10 heteroatoms. The van der Waals surface area contributed by atoms with E-state index in [1.54, 1.807) is 30.3 Å². The van der Waals surface area contributed by atoms with E-state index in [0.29, 0.717) is 17.0 Å². The number of nitrogens with zero attached hydrogens (tertiary/aromatic N) is 2. The van der Waals surface area contributed by atoms with Gasteiger partial charge in [0.1, 0.15) is 18.8 Å². The summed E-state index contributed by atoms with van der Waals surface area (Å²) in [5.41, 5.74) is 3.68. The zero-order valence-corrected chi connectivity index (χ0v) is 18.3. The number of methoxy groups -OCH3 is 1. The van der Waals surface area contributed by atoms with Crippen LogP contribution < -0.4 is 20.2 Å². The fraction of sp³-hybridized carbons (Fsp3) is 0.125. The normalized spacial score (nSPS) is 10.5. The number of carbonyl (C=O) groups is 2. The molecule has 174 valence electrons. The average Bonchev–Trinajstić information content (AvgIpc) is 2.84. The van der Waals surface area contributed by atoms with E-state index in [1.165, 1.54) is 25.5 Å². The van der Waals surface area contributed by atoms with Gasteiger partial charge in [0, 0.05) is 11.6 Å². The highest BCUT2D eigenvalue weighted by Crippen LogP contribution is 2.28. The van der Waals surface area contributed by atoms with Crippen molar-refractivity contribution in [1.29, 1.82) is 0 Å². The second kappa shape index (κ2) is 11.8. The van der Waals surface area contributed by atoms with Crippen LogP contribution in [0.2, 0.25) is 0 Å². The molecule has 0 radical (unpaired) electrons. The van der Waals surface area contributed by atoms with Crippen LogP contribution in [0.1, 0.15) is 17.5 Å². The standard InChI is InChI=1S/C24H22N4O6/c1-33-21-10-6-5-9-19(21)26-23(29)14-24(30)27-25-15-18-11-12-22(20(13-18)28(31)32)34-16-17-7-3-2-4-8-17/h2-13,15H,14,16H2,1H3,(H,26,29)(H,27,30). The smallest absolute Gasteiger partial charge is 0.311 e. The molecule has 0 spiro atoms. The lowest BCUT2D eigenvalue weighted by Crippen LogP contribution is -2.24. The summed E-state index contributed by atoms with van der Waals surface area (Å²) in [7, 11) is 1.47. The molecule has 34 heavy (non-hydrogen) atoms. The van der Waals surface area contributed by atoms with Crippen LogP contribution in [0.25, 0.3) is 0 Å². The summed E-state index contributed by atoms with van der Waals surface area (Å²) in [5, 5.41) is 17.8. The molecule has 3 rings (SSSR count). The Morgan fingerprint density at radius 2 is 1.74 bits per heavy atom. The van der Waals surface area contributed by atoms with Crippen molar-refractivity contribution >= 4 is 29.4 Å². The van der Waals surface area contributed by atoms with Crippen LogP contribution in [-0.2, 0) is 16.2 Å². The fourth-order valence-electron chi connectivity index (χ4n) is 2.92. The topological polar surface area (TPSA) is 132 Å². The number of amides is 2. The Labute approximate surface area is 195 Å². The van der Waals surface area contributed by atoms with Gasteiger partial charge in [0.15, 0.2) is 5.75 Å². The van der Waals surface area contributed by atoms with Gasteiger partial charge in [-0.25, -0.2) is 5.43 Å². The van der Waals surface area contributed by atoms with Crippen molar-refractivity contribution in [3.8, 4) is 11.5 Å². The molecule has 3 aromatic rings. The lowest BCUT2D eigenvalue weighted by atomic mass is 10.2. The van der Waals surface area contributed by atoms with E-state index < -0.39 is 23.2 Å². The molecule has 0 aliphatic carbocycles. The molecule has 0 unspecified atom stereocenters. The quantitative estimate of drug-likeness (QED) is 0.205. The Morgan fingerprint density at radius 3 is 2.47 bits per heavy atom. The molecule has 0 aromatic heterocycles. The summed E-state index contributed by atoms with van der Waals surface area (Å²) in [4.78, 5) is 35.0. The van der Waals surface area contributed by atoms with Crippen LogP contribution in [0.4, 0.5) is 11.4 Å². The van der Waals surface area contributed by atoms with Crippen molar-refractivity contribution in [3.05, 3.63) is 94.0 Å². The molecule has 0 aliphatic rings. The van der Waals surface area contributed by atoms with Crippen molar-refractivity contribution < 1.29 is 24.0 Å². The molecule has 0 saturated heterocycles. The minimum absolute atomic E-state index is 0.114. The fourth-order valence-corrected chi connectivity index (χ4v) is 2.92. The van der Waals surface area contributed by atoms with Crippen LogP contribution in [-0.4, -0.2) is 30.1 Å². The molecule has 0 atom stereocenters. The average molecular weight is 462 g/mol. The summed E-state index contributed by atoms with van der Waals surface area (Å²) < 4.78 is 10.7. The van der Waals surface area contributed by atoms with Crippen LogP contribution in [0.15, 0.2) is 77.9 Å². The first-order valence-corrected chi connectivity index (χ1v) is 10.2. The third-order valence-electron chi connectivity index (χ3n) is 4.52. The monoisotopic (exact) mass is 462 g/mol. The van der Waals surface area contributed by atoms with Crippen LogP contribution in [0, 0.1) is 10.1 Å². The van der Waals surface area contributed by atoms with Gasteiger partial charge >= 0.3 is 5.69 Å². The zero-order valence-electron chi connectivity index (χ0n) is 18.3. The lowest BCUT2D eigenvalue weighted by molar-refractivity contribution is -0.385. The number of hydrazone groups is 1. The van der Waals surface area contributed by atoms with Gasteiger partial charge in [-0.2, -0.15) is 5.10 Å². The molecule has 2 N–H and O–H groups in total. The number of anilines is 1. The summed E-state index contributed by atoms with van der Waals surface area (Å²) in [6.07, 6.45) is 0.770. The molecule has 0 aliphatic heterocycles. The third kappa shape index (κ3) is 6.89. The minimum Gasteiger partial charge on any atom is -0.495 e. The second-order valence-electron chi connectivity index (χ2n) is 6.98. The minimum atomic E-state index is -0.652. The van der Waals surface area contributed by atoms with Crippen LogP contribution in [0.3, 0.4) is 0 Å². The molecular formula is C24H22N4O6. The number of ether oxygens (including phenoxy) is 2. The van der Waals surface area contributed by atoms with Crippen molar-refractivity contribution in [3.63, 3.8) is 0 Å². The summed E-state index contributed by atoms with van der Waals surface area (Å²) in [6.45, 7) is 0.183. The maximum absolute atomic E-state index is 12.1. The van der Waals surface area contributed by atoms with Gasteiger partial charge in [0.05, 0.1) is 23.9 Å². The molecule has 0 heterocycles. The Kier molecular flexibility index (Phi) is 8.28. The van der Waals surface area contributed by atoms with Gasteiger partial charge in [0.2, 0.25) is 11.8 Å². The number of benzene rings is 3. The van der Waals surface area contributed by atoms with Gasteiger partial charge in [-0.1, -0.05) is 42.5 Å². The molecule has 2 amide bonds. The lowest BCUT2D eigenvalue weighted by Gasteiger charge is -2.09. The van der Waals surface area contributed by atoms with Crippen LogP contribution in [0.5, 0.6) is 11.5 Å². The summed E-state index contributed by atoms with van der Waals surface area (Å²) in [5.74, 6) is -0.621. The van der Waals surface area contributed by atoms with Gasteiger partial charge in [-0.05, 0) is 29.8 Å². The number of rotatable bonds is 10. The maximum atomic E-state index is 12.1. The van der Waals surface area contributed by atoms with Gasteiger partial charge in [-0.15, -0.1) is 0 Å². The number of para-hydroxylation sites is 2. The first-order chi connectivity index (χ1) is 16.5. The number of nitrogens with one attached hydrogen (secondary N) is 2. The van der Waals surface area contributed by atoms with Crippen LogP contribution >= 0.6 is 0 Å². The van der Waals surface area contributed by atoms with Crippen molar-refractivity contribution in [1.82, 2.24) is 5.43 Å². The third-order valence-corrected chi connectivity index (χ3v) is 4.52. The first kappa shape index (κ1) is 23.9. The SMILES string of the molecule is COc1ccccc1NC(=O)CC(=O)NN=Cc1ccc(OCc2ccccc2)c([N+](=O)[O-])c1. The summed E-state index contributed by atoms with van der Waals surface area (Å²) in [6, 6.07) is 20.4. The van der Waals surface area contributed by atoms with Gasteiger partial charge in [-0.3, -0.25) is 19.7 Å². The van der Waals surface area contributed by atoms with E-state index in [2.05, 4.69) is 15.8 Å². The number of hydrogen-bond donors (Lipinski definition) is 2. The Bertz CT molecular complexity index is 1200. The maximum Gasteiger partial charge on any atom is 0.311 e. The number of hydrogen-bond acceptors (Lipinski definition) is 7. The highest BCUT2D eigenvalue weighted by molar-refractivity contribution is 6.04. The molecule has 3 aromatic carbocycles. The molecule has 0 bridgehead atoms. The van der Waals surface area contributed by atoms with E-state index in [9.17, 15) is 19.7 Å². The Morgan fingerprint density at radius 1 is 1.00 bits per heavy atom. The van der Waals surface area contributed by atoms with Gasteiger partial charge in [0.25, 0.3) is 0 Å². The van der Waals surface area contributed by atoms with Crippen molar-refractivity contribution in [2.24, 2.45) is 5.10 Å². The number of nitro groups is 1. The first-order valence-electron chi connectivity index (χ1n) is 10.2. The highest BCUT2D eigenvalue weighted by atomic mass is 16.6. The predicted octanol–water partition coefficient (Wildman–Crippen LogP) is 3.66. The zero-order chi connectivity index (χ0) is 24.3. The highest BCUT2D eigenvalue weighted by Gasteiger charge is 2.16. The van der Waals surface area contributed by atoms with E-state index in [-0.39, 0.29) is 18.0 Å². The molecular weight excluding hydrogens is 440 g/mol. The van der Waals surface area contributed by atoms with E-state index >= 15 is 0 Å². The van der Waals surface area contributed by atoms with E-state index in [0.717, 1.165) is 5.56 Å². The number of carbonyl (C=O) groups excluding carboxylic acids is 2. The largest absolute Gasteiger partial charge is 0.495 e. The van der Waals surface area contributed by atoms with Crippen molar-refractivity contribution in [2.75, 3.05) is 12.4 Å². The van der Waals surface area contributed by atoms with E-state index in [4.69, 9.17) is 9.47 Å². The molecule has 0 saturated carbocycles. The van der Waals surface area contributed by atoms with E-state index in [1.807, 2.05) is 30.3 Å². The van der Waals surface area contributed by atoms with Gasteiger partial charge < -0.3 is 14.8 Å².